The van der Waals surface area contributed by atoms with Crippen LogP contribution >= 0.6 is 0 Å². The van der Waals surface area contributed by atoms with Gasteiger partial charge in [-0.05, 0) is 12.8 Å². The molecule has 0 atom stereocenters. The van der Waals surface area contributed by atoms with Gasteiger partial charge in [0.2, 0.25) is 0 Å². The molecular formula is C8H9N5. The maximum atomic E-state index is 6.03. The average Bonchev–Trinajstić information content (AvgIpc) is 2.76. The fraction of sp³-hybridized carbons (Fsp3) is 0.375. The molecule has 2 aromatic rings. The van der Waals surface area contributed by atoms with Crippen molar-refractivity contribution >= 4 is 5.65 Å². The summed E-state index contributed by atoms with van der Waals surface area (Å²) in [5.74, 6) is 0.829. The highest BCUT2D eigenvalue weighted by Gasteiger charge is 2.44. The molecule has 3 rings (SSSR count). The molecule has 2 N–H and O–H groups in total. The number of nitrogens with zero attached hydrogens (tertiary/aromatic N) is 4. The Morgan fingerprint density at radius 3 is 3.00 bits per heavy atom. The maximum absolute atomic E-state index is 6.03. The van der Waals surface area contributed by atoms with Gasteiger partial charge in [0.05, 0.1) is 5.54 Å². The third-order valence-corrected chi connectivity index (χ3v) is 2.45. The molecule has 0 aromatic carbocycles. The topological polar surface area (TPSA) is 69.1 Å². The van der Waals surface area contributed by atoms with Crippen LogP contribution in [0, 0.1) is 0 Å². The lowest BCUT2D eigenvalue weighted by Gasteiger charge is -2.04. The highest BCUT2D eigenvalue weighted by Crippen LogP contribution is 2.41. The summed E-state index contributed by atoms with van der Waals surface area (Å²) in [6, 6.07) is 1.82. The van der Waals surface area contributed by atoms with Crippen molar-refractivity contribution in [1.82, 2.24) is 19.6 Å². The molecule has 0 bridgehead atoms. The van der Waals surface area contributed by atoms with E-state index in [0.717, 1.165) is 24.3 Å². The predicted molar refractivity (Wildman–Crippen MR) is 45.9 cm³/mol. The molecule has 5 nitrogen and oxygen atoms in total. The van der Waals surface area contributed by atoms with Crippen molar-refractivity contribution in [3.05, 3.63) is 24.4 Å². The van der Waals surface area contributed by atoms with Crippen LogP contribution in [0.15, 0.2) is 18.6 Å². The van der Waals surface area contributed by atoms with Crippen LogP contribution in [-0.4, -0.2) is 19.6 Å². The molecule has 1 saturated carbocycles. The van der Waals surface area contributed by atoms with E-state index in [4.69, 9.17) is 5.73 Å². The van der Waals surface area contributed by atoms with Crippen molar-refractivity contribution < 1.29 is 0 Å². The molecule has 0 saturated heterocycles. The first-order valence-electron chi connectivity index (χ1n) is 4.24. The van der Waals surface area contributed by atoms with E-state index in [1.807, 2.05) is 10.5 Å². The zero-order valence-electron chi connectivity index (χ0n) is 7.01. The molecule has 1 fully saturated rings. The van der Waals surface area contributed by atoms with Crippen LogP contribution < -0.4 is 5.73 Å². The smallest absolute Gasteiger partial charge is 0.163 e. The van der Waals surface area contributed by atoms with Crippen LogP contribution in [0.3, 0.4) is 0 Å². The first kappa shape index (κ1) is 6.97. The summed E-state index contributed by atoms with van der Waals surface area (Å²) in [5.41, 5.74) is 6.59. The Balaban J connectivity index is 2.30. The minimum Gasteiger partial charge on any atom is -0.319 e. The van der Waals surface area contributed by atoms with Crippen molar-refractivity contribution in [1.29, 1.82) is 0 Å². The van der Waals surface area contributed by atoms with Gasteiger partial charge in [0, 0.05) is 12.3 Å². The minimum atomic E-state index is -0.248. The van der Waals surface area contributed by atoms with E-state index in [-0.39, 0.29) is 5.54 Å². The van der Waals surface area contributed by atoms with Crippen molar-refractivity contribution in [3.8, 4) is 0 Å². The summed E-state index contributed by atoms with van der Waals surface area (Å²) in [4.78, 5) is 4.01. The molecule has 66 valence electrons. The summed E-state index contributed by atoms with van der Waals surface area (Å²) in [7, 11) is 0. The molecule has 1 aliphatic carbocycles. The summed E-state index contributed by atoms with van der Waals surface area (Å²) >= 11 is 0. The molecule has 0 spiro atoms. The molecule has 0 amide bonds. The molecule has 0 unspecified atom stereocenters. The average molecular weight is 175 g/mol. The molecule has 0 aliphatic heterocycles. The Morgan fingerprint density at radius 2 is 2.23 bits per heavy atom. The Kier molecular flexibility index (Phi) is 1.10. The molecule has 13 heavy (non-hydrogen) atoms. The molecule has 2 aromatic heterocycles. The lowest BCUT2D eigenvalue weighted by Crippen LogP contribution is -2.22. The fourth-order valence-electron chi connectivity index (χ4n) is 1.44. The fourth-order valence-corrected chi connectivity index (χ4v) is 1.44. The third-order valence-electron chi connectivity index (χ3n) is 2.45. The van der Waals surface area contributed by atoms with E-state index < -0.39 is 0 Å². The van der Waals surface area contributed by atoms with Crippen molar-refractivity contribution in [2.45, 2.75) is 18.4 Å². The van der Waals surface area contributed by atoms with Crippen molar-refractivity contribution in [3.63, 3.8) is 0 Å². The van der Waals surface area contributed by atoms with Gasteiger partial charge in [-0.3, -0.25) is 4.40 Å². The van der Waals surface area contributed by atoms with Crippen LogP contribution in [0.5, 0.6) is 0 Å². The highest BCUT2D eigenvalue weighted by molar-refractivity contribution is 5.37. The van der Waals surface area contributed by atoms with Gasteiger partial charge < -0.3 is 5.73 Å². The summed E-state index contributed by atoms with van der Waals surface area (Å²) in [5, 5.41) is 8.10. The first-order valence-corrected chi connectivity index (χ1v) is 4.24. The van der Waals surface area contributed by atoms with Crippen LogP contribution in [0.1, 0.15) is 18.7 Å². The van der Waals surface area contributed by atoms with E-state index in [9.17, 15) is 0 Å². The number of fused-ring (bicyclic) bond motifs is 1. The number of rotatable bonds is 1. The SMILES string of the molecule is NC1(c2nnc3ccncn23)CC1. The van der Waals surface area contributed by atoms with Gasteiger partial charge in [-0.15, -0.1) is 10.2 Å². The Morgan fingerprint density at radius 1 is 1.38 bits per heavy atom. The van der Waals surface area contributed by atoms with E-state index >= 15 is 0 Å². The van der Waals surface area contributed by atoms with Gasteiger partial charge in [0.25, 0.3) is 0 Å². The lowest BCUT2D eigenvalue weighted by molar-refractivity contribution is 0.659. The van der Waals surface area contributed by atoms with Crippen molar-refractivity contribution in [2.75, 3.05) is 0 Å². The van der Waals surface area contributed by atoms with Crippen LogP contribution in [0.25, 0.3) is 5.65 Å². The quantitative estimate of drug-likeness (QED) is 0.666. The normalized spacial score (nSPS) is 19.2. The number of aromatic nitrogens is 4. The van der Waals surface area contributed by atoms with Gasteiger partial charge in [0.15, 0.2) is 11.5 Å². The third kappa shape index (κ3) is 0.874. The molecule has 2 heterocycles. The van der Waals surface area contributed by atoms with Crippen LogP contribution in [-0.2, 0) is 5.54 Å². The maximum Gasteiger partial charge on any atom is 0.163 e. The minimum absolute atomic E-state index is 0.248. The van der Waals surface area contributed by atoms with E-state index in [1.54, 1.807) is 12.5 Å². The monoisotopic (exact) mass is 175 g/mol. The van der Waals surface area contributed by atoms with Gasteiger partial charge in [0.1, 0.15) is 6.33 Å². The largest absolute Gasteiger partial charge is 0.319 e. The number of nitrogens with two attached hydrogens (primary N) is 1. The Hall–Kier alpha value is -1.49. The summed E-state index contributed by atoms with van der Waals surface area (Å²) < 4.78 is 1.85. The predicted octanol–water partition coefficient (Wildman–Crippen LogP) is 0.0721. The standard InChI is InChI=1S/C8H9N5/c9-8(2-3-8)7-12-11-6-1-4-10-5-13(6)7/h1,4-5H,2-3,9H2. The highest BCUT2D eigenvalue weighted by atomic mass is 15.3. The van der Waals surface area contributed by atoms with Gasteiger partial charge in [-0.2, -0.15) is 0 Å². The van der Waals surface area contributed by atoms with Crippen molar-refractivity contribution in [2.24, 2.45) is 5.73 Å². The lowest BCUT2D eigenvalue weighted by atomic mass is 10.3. The number of hydrogen-bond donors (Lipinski definition) is 1. The summed E-state index contributed by atoms with van der Waals surface area (Å²) in [6.07, 6.45) is 5.38. The molecular weight excluding hydrogens is 166 g/mol. The van der Waals surface area contributed by atoms with Crippen LogP contribution in [0.2, 0.25) is 0 Å². The molecule has 5 heteroatoms. The van der Waals surface area contributed by atoms with Gasteiger partial charge >= 0.3 is 0 Å². The second kappa shape index (κ2) is 2.05. The van der Waals surface area contributed by atoms with E-state index in [0.29, 0.717) is 0 Å². The second-order valence-electron chi connectivity index (χ2n) is 3.49. The van der Waals surface area contributed by atoms with Gasteiger partial charge in [-0.25, -0.2) is 4.98 Å². The second-order valence-corrected chi connectivity index (χ2v) is 3.49. The zero-order chi connectivity index (χ0) is 8.89. The Labute approximate surface area is 74.6 Å². The van der Waals surface area contributed by atoms with E-state index in [2.05, 4.69) is 15.2 Å². The van der Waals surface area contributed by atoms with Crippen LogP contribution in [0.4, 0.5) is 0 Å². The molecule has 1 aliphatic rings. The van der Waals surface area contributed by atoms with E-state index in [1.165, 1.54) is 0 Å². The number of hydrogen-bond acceptors (Lipinski definition) is 4. The molecule has 0 radical (unpaired) electrons. The first-order chi connectivity index (χ1) is 6.30. The van der Waals surface area contributed by atoms with Gasteiger partial charge in [-0.1, -0.05) is 0 Å². The summed E-state index contributed by atoms with van der Waals surface area (Å²) in [6.45, 7) is 0. The zero-order valence-corrected chi connectivity index (χ0v) is 7.01. The Bertz CT molecular complexity index is 456.